The Morgan fingerprint density at radius 3 is 1.67 bits per heavy atom. The zero-order valence-electron chi connectivity index (χ0n) is 33.7. The first-order chi connectivity index (χ1) is 26.4. The van der Waals surface area contributed by atoms with Gasteiger partial charge < -0.3 is 44.6 Å². The summed E-state index contributed by atoms with van der Waals surface area (Å²) in [7, 11) is -14.7. The molecule has 0 saturated carbocycles. The summed E-state index contributed by atoms with van der Waals surface area (Å²) in [5.41, 5.74) is 0.896. The highest BCUT2D eigenvalue weighted by molar-refractivity contribution is 7.95. The van der Waals surface area contributed by atoms with Crippen LogP contribution in [0.3, 0.4) is 0 Å². The summed E-state index contributed by atoms with van der Waals surface area (Å²) in [5.74, 6) is -1.30. The number of nitrogens with zero attached hydrogens (tertiary/aromatic N) is 3. The van der Waals surface area contributed by atoms with Crippen LogP contribution in [0, 0.1) is 23.7 Å². The van der Waals surface area contributed by atoms with E-state index in [0.717, 1.165) is 37.9 Å². The number of carbonyl (C=O) groups excluding carboxylic acids is 7. The van der Waals surface area contributed by atoms with Crippen molar-refractivity contribution in [2.75, 3.05) is 50.2 Å². The molecule has 0 aliphatic rings. The van der Waals surface area contributed by atoms with E-state index >= 15 is 0 Å². The van der Waals surface area contributed by atoms with E-state index in [4.69, 9.17) is 14.0 Å². The zero-order valence-corrected chi connectivity index (χ0v) is 37.1. The van der Waals surface area contributed by atoms with Crippen molar-refractivity contribution in [1.82, 2.24) is 30.9 Å². The monoisotopic (exact) mass is 910 g/mol. The van der Waals surface area contributed by atoms with Gasteiger partial charge in [-0.25, -0.2) is 12.6 Å². The minimum absolute atomic E-state index is 0.0341. The van der Waals surface area contributed by atoms with Gasteiger partial charge in [0.05, 0.1) is 21.2 Å². The molecule has 3 amide bonds. The van der Waals surface area contributed by atoms with Crippen LogP contribution in [-0.4, -0.2) is 154 Å². The quantitative estimate of drug-likeness (QED) is 0.0320. The summed E-state index contributed by atoms with van der Waals surface area (Å²) in [5, 5.41) is 13.0. The fraction of sp³-hybridized carbons (Fsp3) is 0.688. The van der Waals surface area contributed by atoms with E-state index in [9.17, 15) is 59.2 Å². The van der Waals surface area contributed by atoms with Crippen LogP contribution in [0.2, 0.25) is 0 Å². The van der Waals surface area contributed by atoms with Crippen LogP contribution in [0.15, 0.2) is 6.20 Å². The topological polar surface area (TPSA) is 349 Å². The number of hydrogen-bond acceptors (Lipinski definition) is 15. The van der Waals surface area contributed by atoms with Gasteiger partial charge >= 0.3 is 0 Å². The number of hydrogen-bond donors (Lipinski definition) is 6. The second kappa shape index (κ2) is 29.5. The summed E-state index contributed by atoms with van der Waals surface area (Å²) in [4.78, 5) is 83.2. The summed E-state index contributed by atoms with van der Waals surface area (Å²) < 4.78 is 84.8. The van der Waals surface area contributed by atoms with Crippen LogP contribution in [0.1, 0.15) is 53.2 Å². The summed E-state index contributed by atoms with van der Waals surface area (Å²) >= 11 is 0. The van der Waals surface area contributed by atoms with E-state index in [0.29, 0.717) is 25.3 Å². The molecule has 0 aliphatic heterocycles. The lowest BCUT2D eigenvalue weighted by Crippen LogP contribution is -2.42. The van der Waals surface area contributed by atoms with Gasteiger partial charge in [0.15, 0.2) is 5.25 Å². The molecule has 0 spiro atoms. The van der Waals surface area contributed by atoms with Crippen molar-refractivity contribution in [2.24, 2.45) is 23.7 Å². The molecule has 0 fully saturated rings. The number of amides is 3. The summed E-state index contributed by atoms with van der Waals surface area (Å²) in [6, 6.07) is 0. The number of sulfone groups is 1. The Bertz CT molecular complexity index is 1830. The highest BCUT2D eigenvalue weighted by atomic mass is 32.2. The van der Waals surface area contributed by atoms with Gasteiger partial charge in [0.2, 0.25) is 25.1 Å². The van der Waals surface area contributed by atoms with Crippen LogP contribution >= 0.6 is 7.37 Å². The first-order valence-corrected chi connectivity index (χ1v) is 25.2. The van der Waals surface area contributed by atoms with E-state index in [1.54, 1.807) is 13.8 Å². The second-order valence-electron chi connectivity index (χ2n) is 13.5. The fourth-order valence-electron chi connectivity index (χ4n) is 3.53. The molecule has 0 aromatic carbocycles. The maximum atomic E-state index is 11.6. The highest BCUT2D eigenvalue weighted by Gasteiger charge is 2.31. The van der Waals surface area contributed by atoms with E-state index in [1.807, 2.05) is 17.8 Å². The van der Waals surface area contributed by atoms with Gasteiger partial charge in [0, 0.05) is 75.4 Å². The lowest BCUT2D eigenvalue weighted by Gasteiger charge is -2.14. The molecule has 0 bridgehead atoms. The molecular formula is C32H59N6O16PS3. The third kappa shape index (κ3) is 36.6. The smallest absolute Gasteiger partial charge is 0.276 e. The van der Waals surface area contributed by atoms with Gasteiger partial charge in [0.25, 0.3) is 10.1 Å². The number of aldehydes is 4. The molecule has 22 nitrogen and oxygen atoms in total. The Hall–Kier alpha value is -3.74. The molecule has 7 atom stereocenters. The lowest BCUT2D eigenvalue weighted by molar-refractivity contribution is -0.121. The van der Waals surface area contributed by atoms with Crippen molar-refractivity contribution in [3.8, 4) is 0 Å². The van der Waals surface area contributed by atoms with Crippen molar-refractivity contribution >= 4 is 85.9 Å². The summed E-state index contributed by atoms with van der Waals surface area (Å²) in [6.45, 7) is 11.1. The molecule has 1 rings (SSSR count). The molecule has 1 heterocycles. The molecule has 336 valence electrons. The normalized spacial score (nSPS) is 15.6. The van der Waals surface area contributed by atoms with Gasteiger partial charge in [-0.05, 0) is 18.7 Å². The van der Waals surface area contributed by atoms with Crippen LogP contribution in [-0.2, 0) is 80.9 Å². The Morgan fingerprint density at radius 1 is 0.845 bits per heavy atom. The van der Waals surface area contributed by atoms with Crippen molar-refractivity contribution in [1.29, 1.82) is 0 Å². The molecule has 6 N–H and O–H groups in total. The van der Waals surface area contributed by atoms with E-state index in [2.05, 4.69) is 39.1 Å². The van der Waals surface area contributed by atoms with Crippen LogP contribution < -0.4 is 16.0 Å². The van der Waals surface area contributed by atoms with Gasteiger partial charge in [-0.2, -0.15) is 8.42 Å². The van der Waals surface area contributed by atoms with Crippen LogP contribution in [0.5, 0.6) is 0 Å². The predicted molar refractivity (Wildman–Crippen MR) is 217 cm³/mol. The maximum absolute atomic E-state index is 11.6. The number of carbonyl (C=O) groups is 7. The average Bonchev–Trinajstić information content (AvgIpc) is 3.53. The molecular weight excluding hydrogens is 852 g/mol. The van der Waals surface area contributed by atoms with Gasteiger partial charge in [-0.1, -0.05) is 39.8 Å². The molecule has 0 aliphatic carbocycles. The number of aryl methyl sites for hydroxylation is 1. The maximum Gasteiger partial charge on any atom is 0.276 e. The second-order valence-corrected chi connectivity index (χ2v) is 21.6. The van der Waals surface area contributed by atoms with Gasteiger partial charge in [0.1, 0.15) is 46.9 Å². The van der Waals surface area contributed by atoms with Gasteiger partial charge in [-0.3, -0.25) is 28.2 Å². The Kier molecular flexibility index (Phi) is 29.8. The molecule has 0 radical (unpaired) electrons. The van der Waals surface area contributed by atoms with Crippen LogP contribution in [0.4, 0.5) is 0 Å². The zero-order chi connectivity index (χ0) is 45.9. The SMILES string of the molecule is C=S(=O)(O)CC(=O)NCC(C)C=O.CC(C=O)CNC(=O)C(CCS(C)(=O)=O)S(=O)(=O)O.CC(C=O)CNC(=O)CP(C)(=O)O.CCCn1cc(CC(C)C=O)nn1. The Balaban J connectivity index is -0.000000706. The van der Waals surface area contributed by atoms with E-state index in [-0.39, 0.29) is 37.4 Å². The van der Waals surface area contributed by atoms with Crippen molar-refractivity contribution in [2.45, 2.75) is 65.7 Å². The fourth-order valence-corrected chi connectivity index (χ4v) is 6.27. The van der Waals surface area contributed by atoms with E-state index < -0.39 is 90.1 Å². The lowest BCUT2D eigenvalue weighted by atomic mass is 10.1. The minimum atomic E-state index is -4.71. The van der Waals surface area contributed by atoms with Crippen LogP contribution in [0.25, 0.3) is 0 Å². The molecule has 1 aromatic heterocycles. The van der Waals surface area contributed by atoms with Gasteiger partial charge in [-0.15, -0.1) is 5.10 Å². The minimum Gasteiger partial charge on any atom is -0.355 e. The average molecular weight is 911 g/mol. The molecule has 0 saturated heterocycles. The molecule has 26 heteroatoms. The van der Waals surface area contributed by atoms with Crippen molar-refractivity contribution < 1.29 is 73.2 Å². The molecule has 7 unspecified atom stereocenters. The van der Waals surface area contributed by atoms with Crippen molar-refractivity contribution in [3.63, 3.8) is 0 Å². The predicted octanol–water partition coefficient (Wildman–Crippen LogP) is -1.34. The van der Waals surface area contributed by atoms with E-state index in [1.165, 1.54) is 6.92 Å². The Morgan fingerprint density at radius 2 is 1.29 bits per heavy atom. The standard InChI is InChI=1S/C9H15N3O.C9H17NO7S2.C7H14NO4P.C7H13NO4S/c1-3-4-12-6-9(10-11-12)5-8(2)7-13;1-7(6-11)5-10-9(12)8(19(15,16)17)3-4-18(2,13)14;2*1-6(4-9)3-8-7(10)5-13(2,11)12/h6-8H,3-5H2,1-2H3;6-8H,3-5H2,1-2H3,(H,10,12)(H,15,16,17);4,6H,3,5H2,1-2H3,(H,8,10)(H,11,12);4,6H,2-3,5H2,1H3,(H,8,10)(H,11,12). The third-order valence-electron chi connectivity index (χ3n) is 6.54. The van der Waals surface area contributed by atoms with Crippen molar-refractivity contribution in [3.05, 3.63) is 11.9 Å². The highest BCUT2D eigenvalue weighted by Crippen LogP contribution is 2.34. The first-order valence-electron chi connectivity index (χ1n) is 17.4. The number of nitrogens with one attached hydrogen (secondary N) is 3. The first kappa shape index (κ1) is 58.6. The number of rotatable bonds is 23. The Labute approximate surface area is 340 Å². The summed E-state index contributed by atoms with van der Waals surface area (Å²) in [6.07, 6.45) is 6.52. The molecule has 1 aromatic rings. The number of aromatic nitrogens is 3. The third-order valence-corrected chi connectivity index (χ3v) is 10.3. The molecule has 58 heavy (non-hydrogen) atoms. The largest absolute Gasteiger partial charge is 0.355 e.